The van der Waals surface area contributed by atoms with Crippen LogP contribution in [-0.2, 0) is 0 Å². The Morgan fingerprint density at radius 2 is 2.00 bits per heavy atom. The van der Waals surface area contributed by atoms with Gasteiger partial charge in [-0.15, -0.1) is 0 Å². The zero-order chi connectivity index (χ0) is 10.7. The molecule has 0 saturated carbocycles. The number of hydrogen-bond donors (Lipinski definition) is 1. The molecule has 1 aliphatic heterocycles. The summed E-state index contributed by atoms with van der Waals surface area (Å²) in [5, 5.41) is 4.58. The Kier molecular flexibility index (Phi) is 3.73. The molecule has 1 aliphatic rings. The summed E-state index contributed by atoms with van der Waals surface area (Å²) in [4.78, 5) is 0. The van der Waals surface area contributed by atoms with E-state index in [1.807, 2.05) is 0 Å². The molecule has 1 N–H and O–H groups in total. The van der Waals surface area contributed by atoms with Crippen molar-refractivity contribution >= 4 is 23.2 Å². The normalized spacial score (nSPS) is 20.5. The number of nitrogens with one attached hydrogen (secondary N) is 1. The van der Waals surface area contributed by atoms with Crippen molar-refractivity contribution in [3.63, 3.8) is 0 Å². The predicted octanol–water partition coefficient (Wildman–Crippen LogP) is 3.12. The number of rotatable bonds is 3. The van der Waals surface area contributed by atoms with Crippen molar-refractivity contribution in [3.05, 3.63) is 28.2 Å². The summed E-state index contributed by atoms with van der Waals surface area (Å²) in [5.74, 6) is 0.737. The minimum atomic E-state index is 0.461. The van der Waals surface area contributed by atoms with Crippen molar-refractivity contribution in [1.29, 1.82) is 0 Å². The summed E-state index contributed by atoms with van der Waals surface area (Å²) in [6, 6.07) is 5.72. The summed E-state index contributed by atoms with van der Waals surface area (Å²) in [6.45, 7) is 1.76. The Balaban J connectivity index is 1.92. The van der Waals surface area contributed by atoms with Crippen LogP contribution in [0, 0.1) is 0 Å². The lowest BCUT2D eigenvalue weighted by Gasteiger charge is -2.12. The Hall–Kier alpha value is -0.440. The van der Waals surface area contributed by atoms with E-state index in [9.17, 15) is 0 Å². The molecule has 4 heteroatoms. The van der Waals surface area contributed by atoms with Gasteiger partial charge >= 0.3 is 0 Å². The van der Waals surface area contributed by atoms with Gasteiger partial charge in [0.1, 0.15) is 12.4 Å². The first-order valence-corrected chi connectivity index (χ1v) is 5.82. The standard InChI is InChI=1S/C11H13Cl2NO/c12-8-4-9(13)6-11(5-8)15-7-10-2-1-3-14-10/h4-6,10,14H,1-3,7H2. The van der Waals surface area contributed by atoms with Crippen LogP contribution >= 0.6 is 23.2 Å². The van der Waals surface area contributed by atoms with Crippen LogP contribution in [0.2, 0.25) is 10.0 Å². The van der Waals surface area contributed by atoms with Crippen LogP contribution in [-0.4, -0.2) is 19.2 Å². The average Bonchev–Trinajstić information content (AvgIpc) is 2.65. The number of hydrogen-bond acceptors (Lipinski definition) is 2. The van der Waals surface area contributed by atoms with E-state index >= 15 is 0 Å². The fourth-order valence-corrected chi connectivity index (χ4v) is 2.21. The second-order valence-electron chi connectivity index (χ2n) is 3.71. The molecule has 0 aliphatic carbocycles. The smallest absolute Gasteiger partial charge is 0.122 e. The Morgan fingerprint density at radius 3 is 2.60 bits per heavy atom. The van der Waals surface area contributed by atoms with E-state index in [2.05, 4.69) is 5.32 Å². The van der Waals surface area contributed by atoms with Gasteiger partial charge in [0, 0.05) is 16.1 Å². The van der Waals surface area contributed by atoms with Gasteiger partial charge in [0.25, 0.3) is 0 Å². The zero-order valence-electron chi connectivity index (χ0n) is 8.30. The highest BCUT2D eigenvalue weighted by Crippen LogP contribution is 2.24. The van der Waals surface area contributed by atoms with Crippen molar-refractivity contribution < 1.29 is 4.74 Å². The maximum atomic E-state index is 5.87. The Morgan fingerprint density at radius 1 is 1.27 bits per heavy atom. The molecular weight excluding hydrogens is 233 g/mol. The summed E-state index contributed by atoms with van der Waals surface area (Å²) >= 11 is 11.7. The highest BCUT2D eigenvalue weighted by atomic mass is 35.5. The highest BCUT2D eigenvalue weighted by Gasteiger charge is 2.14. The monoisotopic (exact) mass is 245 g/mol. The van der Waals surface area contributed by atoms with Crippen molar-refractivity contribution in [3.8, 4) is 5.75 Å². The number of benzene rings is 1. The first-order chi connectivity index (χ1) is 7.24. The van der Waals surface area contributed by atoms with Gasteiger partial charge in [-0.25, -0.2) is 0 Å². The van der Waals surface area contributed by atoms with E-state index in [-0.39, 0.29) is 0 Å². The minimum Gasteiger partial charge on any atom is -0.492 e. The molecule has 1 fully saturated rings. The summed E-state index contributed by atoms with van der Waals surface area (Å²) in [6.07, 6.45) is 2.40. The fraction of sp³-hybridized carbons (Fsp3) is 0.455. The fourth-order valence-electron chi connectivity index (χ4n) is 1.71. The molecule has 1 heterocycles. The van der Waals surface area contributed by atoms with Crippen LogP contribution < -0.4 is 10.1 Å². The summed E-state index contributed by atoms with van der Waals surface area (Å²) in [7, 11) is 0. The van der Waals surface area contributed by atoms with Gasteiger partial charge in [0.15, 0.2) is 0 Å². The minimum absolute atomic E-state index is 0.461. The van der Waals surface area contributed by atoms with Gasteiger partial charge < -0.3 is 10.1 Å². The molecule has 1 unspecified atom stereocenters. The van der Waals surface area contributed by atoms with Crippen LogP contribution in [0.4, 0.5) is 0 Å². The first-order valence-electron chi connectivity index (χ1n) is 5.06. The second-order valence-corrected chi connectivity index (χ2v) is 4.58. The third-order valence-corrected chi connectivity index (χ3v) is 2.89. The predicted molar refractivity (Wildman–Crippen MR) is 63.0 cm³/mol. The van der Waals surface area contributed by atoms with Gasteiger partial charge in [0.2, 0.25) is 0 Å². The number of halogens is 2. The van der Waals surface area contributed by atoms with E-state index in [0.29, 0.717) is 22.7 Å². The van der Waals surface area contributed by atoms with Gasteiger partial charge in [-0.3, -0.25) is 0 Å². The van der Waals surface area contributed by atoms with Gasteiger partial charge in [-0.05, 0) is 37.6 Å². The molecule has 0 spiro atoms. The molecule has 1 aromatic rings. The van der Waals surface area contributed by atoms with Crippen LogP contribution in [0.15, 0.2) is 18.2 Å². The lowest BCUT2D eigenvalue weighted by molar-refractivity contribution is 0.277. The molecule has 1 aromatic carbocycles. The maximum Gasteiger partial charge on any atom is 0.122 e. The molecule has 0 aromatic heterocycles. The average molecular weight is 246 g/mol. The highest BCUT2D eigenvalue weighted by molar-refractivity contribution is 6.34. The Labute approximate surface area is 99.5 Å². The first kappa shape index (κ1) is 11.1. The van der Waals surface area contributed by atoms with Crippen molar-refractivity contribution in [2.24, 2.45) is 0 Å². The number of ether oxygens (including phenoxy) is 1. The third-order valence-electron chi connectivity index (χ3n) is 2.45. The third kappa shape index (κ3) is 3.26. The van der Waals surface area contributed by atoms with Gasteiger partial charge in [-0.2, -0.15) is 0 Å². The molecule has 15 heavy (non-hydrogen) atoms. The second kappa shape index (κ2) is 5.06. The van der Waals surface area contributed by atoms with Crippen LogP contribution in [0.1, 0.15) is 12.8 Å². The van der Waals surface area contributed by atoms with E-state index in [1.54, 1.807) is 18.2 Å². The topological polar surface area (TPSA) is 21.3 Å². The quantitative estimate of drug-likeness (QED) is 0.884. The van der Waals surface area contributed by atoms with E-state index in [4.69, 9.17) is 27.9 Å². The molecule has 0 amide bonds. The zero-order valence-corrected chi connectivity index (χ0v) is 9.81. The van der Waals surface area contributed by atoms with Crippen molar-refractivity contribution in [2.75, 3.05) is 13.2 Å². The molecular formula is C11H13Cl2NO. The summed E-state index contributed by atoms with van der Waals surface area (Å²) < 4.78 is 5.62. The largest absolute Gasteiger partial charge is 0.492 e. The molecule has 82 valence electrons. The van der Waals surface area contributed by atoms with Crippen molar-refractivity contribution in [1.82, 2.24) is 5.32 Å². The van der Waals surface area contributed by atoms with Crippen LogP contribution in [0.3, 0.4) is 0 Å². The molecule has 0 bridgehead atoms. The maximum absolute atomic E-state index is 5.87. The lowest BCUT2D eigenvalue weighted by Crippen LogP contribution is -2.28. The molecule has 2 nitrogen and oxygen atoms in total. The van der Waals surface area contributed by atoms with Crippen molar-refractivity contribution in [2.45, 2.75) is 18.9 Å². The molecule has 2 rings (SSSR count). The van der Waals surface area contributed by atoms with Gasteiger partial charge in [0.05, 0.1) is 0 Å². The lowest BCUT2D eigenvalue weighted by atomic mass is 10.2. The van der Waals surface area contributed by atoms with E-state index in [0.717, 1.165) is 12.3 Å². The summed E-state index contributed by atoms with van der Waals surface area (Å²) in [5.41, 5.74) is 0. The SMILES string of the molecule is Clc1cc(Cl)cc(OCC2CCCN2)c1. The van der Waals surface area contributed by atoms with Gasteiger partial charge in [-0.1, -0.05) is 23.2 Å². The van der Waals surface area contributed by atoms with Crippen LogP contribution in [0.5, 0.6) is 5.75 Å². The van der Waals surface area contributed by atoms with Crippen LogP contribution in [0.25, 0.3) is 0 Å². The Bertz CT molecular complexity index is 317. The molecule has 1 saturated heterocycles. The molecule has 1 atom stereocenters. The van der Waals surface area contributed by atoms with E-state index in [1.165, 1.54) is 12.8 Å². The molecule has 0 radical (unpaired) electrons. The van der Waals surface area contributed by atoms with E-state index < -0.39 is 0 Å².